The van der Waals surface area contributed by atoms with Crippen molar-refractivity contribution in [2.45, 2.75) is 108 Å². The van der Waals surface area contributed by atoms with Crippen LogP contribution in [0.4, 0.5) is 26.7 Å². The highest BCUT2D eigenvalue weighted by atomic mass is 35.5. The summed E-state index contributed by atoms with van der Waals surface area (Å²) in [5.41, 5.74) is 9.93. The number of H-pyrrole nitrogens is 2. The zero-order valence-corrected chi connectivity index (χ0v) is 68.4. The number of aromatic amines is 2. The molecular formula is C75H101Cl2N12O21PS2. The number of imide groups is 1. The number of ether oxygens (including phenoxy) is 8. The topological polar surface area (TPSA) is 416 Å². The highest BCUT2D eigenvalue weighted by molar-refractivity contribution is 8.00. The molecule has 5 heterocycles. The van der Waals surface area contributed by atoms with Gasteiger partial charge in [0.25, 0.3) is 5.17 Å². The van der Waals surface area contributed by atoms with Crippen LogP contribution in [0, 0.1) is 30.6 Å². The Balaban J connectivity index is 0.623. The number of urea groups is 1. The average molecular weight is 1670 g/mol. The molecule has 618 valence electrons. The van der Waals surface area contributed by atoms with Crippen LogP contribution in [-0.4, -0.2) is 261 Å². The second kappa shape index (κ2) is 39.6. The van der Waals surface area contributed by atoms with Crippen LogP contribution < -0.4 is 46.1 Å². The summed E-state index contributed by atoms with van der Waals surface area (Å²) >= 11 is 20.2. The number of phosphoric ester groups is 1. The van der Waals surface area contributed by atoms with E-state index in [1.165, 1.54) is 27.6 Å². The number of aryl methyl sites for hydroxylation is 2. The number of anilines is 3. The minimum absolute atomic E-state index is 0.0470. The molecule has 1 saturated heterocycles. The van der Waals surface area contributed by atoms with Crippen molar-refractivity contribution >= 4 is 153 Å². The zero-order valence-electron chi connectivity index (χ0n) is 64.4. The number of nitrogens with two attached hydrogens (primary N) is 1. The van der Waals surface area contributed by atoms with Crippen LogP contribution in [0.3, 0.4) is 0 Å². The second-order valence-corrected chi connectivity index (χ2v) is 32.4. The summed E-state index contributed by atoms with van der Waals surface area (Å²) < 4.78 is 62.5. The molecule has 11 rings (SSSR count). The third-order valence-corrected chi connectivity index (χ3v) is 23.4. The fourth-order valence-corrected chi connectivity index (χ4v) is 16.7. The van der Waals surface area contributed by atoms with E-state index in [-0.39, 0.29) is 192 Å². The summed E-state index contributed by atoms with van der Waals surface area (Å²) in [7, 11) is -1.70. The number of amides is 10. The monoisotopic (exact) mass is 1670 g/mol. The molecule has 10 amide bonds. The maximum atomic E-state index is 15.0. The molecule has 1 unspecified atom stereocenters. The standard InChI is InChI=1S/C75H101Cl2N12O21PS2/c1-44(2)63(84-57(90)14-19-102-21-23-104-25-27-106-29-30-107-28-26-105-24-22-103-20-18-87-58(91)33-56(113-7)68(87)94)67(93)83-51(9-8-15-79-71(78)97)66(92)82-50-12-10-47(11-13-50)40-108-73(112)86(6)17-16-85(5)72(98)109-54-31-52-61(59-45(3)36-80-64(54)59)48(34-76)38-88(52)69(95)74-41-75(42-74,43-74)70(96)89-39-49(35-77)62-53(89)32-55(110-111(99,100)101)65-60(62)46(4)37-81-65/h10-13,31-32,36-37,44,48-49,51,56,63,80-81H,8-9,14-30,33-35,38-43H2,1-7H3,(H,82,92)(H,83,93)(H,84,90)(H3,78,79,97)(H2,99,100,101)/t48-,49-,51+,56?,63+,74?,75?/m1/s1. The second-order valence-electron chi connectivity index (χ2n) is 29.2. The minimum Gasteiger partial charge on any atom is -0.466 e. The molecule has 2 aromatic heterocycles. The summed E-state index contributed by atoms with van der Waals surface area (Å²) in [5, 5.41) is 12.2. The van der Waals surface area contributed by atoms with Gasteiger partial charge >= 0.3 is 19.9 Å². The Hall–Kier alpha value is -7.90. The number of carbonyl (C=O) groups excluding carboxylic acids is 9. The molecule has 38 heteroatoms. The number of halogens is 2. The number of aromatic nitrogens is 2. The fraction of sp³-hybridized carbons (Fsp3) is 0.573. The molecule has 6 aliphatic rings. The lowest BCUT2D eigenvalue weighted by molar-refractivity contribution is -0.205. The summed E-state index contributed by atoms with van der Waals surface area (Å²) in [4.78, 5) is 154. The number of nitrogens with one attached hydrogen (secondary N) is 6. The van der Waals surface area contributed by atoms with Crippen LogP contribution in [0.15, 0.2) is 48.8 Å². The molecule has 113 heavy (non-hydrogen) atoms. The van der Waals surface area contributed by atoms with Crippen LogP contribution in [0.5, 0.6) is 11.5 Å². The van der Waals surface area contributed by atoms with Crippen molar-refractivity contribution in [2.75, 3.05) is 166 Å². The molecule has 5 aromatic rings. The Bertz CT molecular complexity index is 4320. The lowest BCUT2D eigenvalue weighted by atomic mass is 9.34. The highest BCUT2D eigenvalue weighted by Gasteiger charge is 2.76. The van der Waals surface area contributed by atoms with Crippen molar-refractivity contribution in [1.29, 1.82) is 0 Å². The van der Waals surface area contributed by atoms with Gasteiger partial charge in [-0.3, -0.25) is 48.2 Å². The van der Waals surface area contributed by atoms with Gasteiger partial charge < -0.3 is 99.0 Å². The number of phosphoric acid groups is 1. The number of likely N-dealkylation sites (tertiary alicyclic amines) is 1. The molecule has 10 N–H and O–H groups in total. The van der Waals surface area contributed by atoms with Gasteiger partial charge in [0, 0.05) is 124 Å². The van der Waals surface area contributed by atoms with E-state index >= 15 is 0 Å². The quantitative estimate of drug-likeness (QED) is 0.00636. The van der Waals surface area contributed by atoms with Crippen molar-refractivity contribution in [1.82, 2.24) is 40.6 Å². The van der Waals surface area contributed by atoms with Crippen LogP contribution in [0.1, 0.15) is 98.4 Å². The van der Waals surface area contributed by atoms with Crippen LogP contribution in [-0.2, 0) is 77.9 Å². The van der Waals surface area contributed by atoms with E-state index in [0.29, 0.717) is 91.9 Å². The number of nitrogens with zero attached hydrogens (tertiary/aromatic N) is 5. The molecule has 0 spiro atoms. The normalized spacial score (nSPS) is 19.4. The van der Waals surface area contributed by atoms with Gasteiger partial charge in [-0.25, -0.2) is 14.2 Å². The van der Waals surface area contributed by atoms with E-state index in [9.17, 15) is 57.5 Å². The molecule has 0 radical (unpaired) electrons. The summed E-state index contributed by atoms with van der Waals surface area (Å²) in [5.74, 6) is -2.71. The molecule has 2 bridgehead atoms. The lowest BCUT2D eigenvalue weighted by Gasteiger charge is -2.69. The Labute approximate surface area is 674 Å². The predicted molar refractivity (Wildman–Crippen MR) is 427 cm³/mol. The van der Waals surface area contributed by atoms with Gasteiger partial charge in [-0.05, 0) is 110 Å². The molecule has 3 aromatic carbocycles. The predicted octanol–water partition coefficient (Wildman–Crippen LogP) is 6.80. The summed E-state index contributed by atoms with van der Waals surface area (Å²) in [6.45, 7) is 12.2. The van der Waals surface area contributed by atoms with Gasteiger partial charge in [0.2, 0.25) is 41.4 Å². The molecule has 3 saturated carbocycles. The van der Waals surface area contributed by atoms with Crippen LogP contribution in [0.25, 0.3) is 21.8 Å². The number of likely N-dealkylation sites (N-methyl/N-ethyl adjacent to an activating group) is 2. The minimum atomic E-state index is -4.99. The van der Waals surface area contributed by atoms with E-state index in [1.54, 1.807) is 79.2 Å². The first-order chi connectivity index (χ1) is 54.0. The van der Waals surface area contributed by atoms with Crippen molar-refractivity contribution in [3.05, 3.63) is 76.6 Å². The van der Waals surface area contributed by atoms with E-state index in [2.05, 4.69) is 31.2 Å². The van der Waals surface area contributed by atoms with E-state index in [1.807, 2.05) is 26.3 Å². The van der Waals surface area contributed by atoms with Crippen LogP contribution in [0.2, 0.25) is 0 Å². The number of hydrogen-bond acceptors (Lipinski definition) is 21. The molecule has 3 aliphatic heterocycles. The Kier molecular flexibility index (Phi) is 30.7. The number of rotatable bonds is 44. The number of benzene rings is 3. The molecular weight excluding hydrogens is 1570 g/mol. The van der Waals surface area contributed by atoms with Gasteiger partial charge in [-0.15, -0.1) is 23.2 Å². The number of thioether (sulfide) groups is 1. The van der Waals surface area contributed by atoms with Crippen molar-refractivity contribution in [3.63, 3.8) is 0 Å². The number of hydrogen-bond donors (Lipinski definition) is 9. The lowest BCUT2D eigenvalue weighted by Crippen LogP contribution is -2.73. The Morgan fingerprint density at radius 3 is 1.73 bits per heavy atom. The summed E-state index contributed by atoms with van der Waals surface area (Å²) in [6, 6.07) is 7.10. The Morgan fingerprint density at radius 2 is 1.23 bits per heavy atom. The molecule has 5 atom stereocenters. The zero-order chi connectivity index (χ0) is 81.5. The maximum Gasteiger partial charge on any atom is 0.524 e. The number of thiocarbonyl (C=S) groups is 1. The number of carbonyl (C=O) groups is 9. The average Bonchev–Trinajstić information content (AvgIpc) is 1.57. The highest BCUT2D eigenvalue weighted by Crippen LogP contribution is 2.75. The van der Waals surface area contributed by atoms with E-state index in [0.717, 1.165) is 27.6 Å². The first-order valence-corrected chi connectivity index (χ1v) is 41.8. The summed E-state index contributed by atoms with van der Waals surface area (Å²) in [6.07, 6.45) is 6.07. The van der Waals surface area contributed by atoms with Crippen LogP contribution >= 0.6 is 55.0 Å². The third kappa shape index (κ3) is 21.4. The molecule has 3 aliphatic carbocycles. The largest absolute Gasteiger partial charge is 0.524 e. The maximum absolute atomic E-state index is 15.0. The fourth-order valence-electron chi connectivity index (χ4n) is 15.0. The van der Waals surface area contributed by atoms with Gasteiger partial charge in [-0.2, -0.15) is 11.8 Å². The van der Waals surface area contributed by atoms with Gasteiger partial charge in [0.1, 0.15) is 18.7 Å². The number of fused-ring (bicyclic) bond motifs is 6. The smallest absolute Gasteiger partial charge is 0.466 e. The van der Waals surface area contributed by atoms with E-state index in [4.69, 9.17) is 83.6 Å². The van der Waals surface area contributed by atoms with Crippen molar-refractivity contribution in [3.8, 4) is 11.5 Å². The van der Waals surface area contributed by atoms with E-state index < -0.39 is 60.6 Å². The molecule has 4 fully saturated rings. The first-order valence-electron chi connectivity index (χ1n) is 37.5. The molecule has 33 nitrogen and oxygen atoms in total. The number of primary amides is 1. The van der Waals surface area contributed by atoms with Crippen molar-refractivity contribution in [2.24, 2.45) is 22.5 Å². The SMILES string of the molecule is CSC1CC(=O)N(CCOCCOCCOCCOCCOCCOCCC(=O)N[C@H](C(=O)N[C@@H](CCCNC(N)=O)C(=O)Nc2ccc(COC(=S)N(C)CCN(C)C(=O)Oc3cc4c(c5c(C)c[nH]c35)[C@H](CCl)CN4C(=O)C34CC(C(=O)N5C[C@@H](CCl)c6c5cc(OP(=O)(O)O)c5[nH]cc(C)c65)(C3)C4)cc2)C(C)C)C1=O. The first kappa shape index (κ1) is 87.5. The number of alkyl halides is 2. The van der Waals surface area contributed by atoms with Gasteiger partial charge in [0.15, 0.2) is 11.5 Å². The Morgan fingerprint density at radius 1 is 0.726 bits per heavy atom. The third-order valence-electron chi connectivity index (χ3n) is 20.8. The van der Waals surface area contributed by atoms with Crippen molar-refractivity contribution < 1.29 is 99.9 Å². The van der Waals surface area contributed by atoms with Gasteiger partial charge in [0.05, 0.1) is 124 Å². The van der Waals surface area contributed by atoms with Gasteiger partial charge in [-0.1, -0.05) is 26.0 Å².